The highest BCUT2D eigenvalue weighted by molar-refractivity contribution is 7.07. The monoisotopic (exact) mass is 622 g/mol. The molecule has 2 aromatic carbocycles. The van der Waals surface area contributed by atoms with Crippen LogP contribution in [-0.2, 0) is 19.1 Å². The first kappa shape index (κ1) is 32.2. The van der Waals surface area contributed by atoms with E-state index in [1.807, 2.05) is 20.8 Å². The third kappa shape index (κ3) is 7.08. The first-order valence-corrected chi connectivity index (χ1v) is 14.8. The second-order valence-electron chi connectivity index (χ2n) is 10.3. The van der Waals surface area contributed by atoms with E-state index in [-0.39, 0.29) is 40.9 Å². The molecule has 0 radical (unpaired) electrons. The molecular formula is C32H34N2O9S. The number of nitrogens with zero attached hydrogens (tertiary/aromatic N) is 2. The van der Waals surface area contributed by atoms with E-state index in [2.05, 4.69) is 4.99 Å². The van der Waals surface area contributed by atoms with Crippen molar-refractivity contribution in [3.63, 3.8) is 0 Å². The van der Waals surface area contributed by atoms with Crippen LogP contribution in [0.25, 0.3) is 6.08 Å². The molecule has 0 N–H and O–H groups in total. The molecule has 0 fully saturated rings. The van der Waals surface area contributed by atoms with Gasteiger partial charge in [-0.05, 0) is 61.2 Å². The van der Waals surface area contributed by atoms with E-state index in [9.17, 15) is 19.2 Å². The number of carbonyl (C=O) groups is 3. The van der Waals surface area contributed by atoms with Crippen LogP contribution in [0, 0.1) is 5.92 Å². The van der Waals surface area contributed by atoms with Gasteiger partial charge in [0.2, 0.25) is 0 Å². The van der Waals surface area contributed by atoms with Crippen LogP contribution in [0.5, 0.6) is 23.0 Å². The van der Waals surface area contributed by atoms with Crippen molar-refractivity contribution in [2.24, 2.45) is 10.9 Å². The van der Waals surface area contributed by atoms with Crippen molar-refractivity contribution < 1.29 is 38.1 Å². The van der Waals surface area contributed by atoms with Crippen molar-refractivity contribution in [3.8, 4) is 23.0 Å². The molecule has 232 valence electrons. The number of methoxy groups -OCH3 is 1. The largest absolute Gasteiger partial charge is 0.493 e. The molecule has 0 aliphatic carbocycles. The lowest BCUT2D eigenvalue weighted by atomic mass is 9.95. The van der Waals surface area contributed by atoms with E-state index in [1.54, 1.807) is 49.4 Å². The van der Waals surface area contributed by atoms with Crippen LogP contribution in [0.2, 0.25) is 0 Å². The quantitative estimate of drug-likeness (QED) is 0.245. The lowest BCUT2D eigenvalue weighted by molar-refractivity contribution is -0.140. The average molecular weight is 623 g/mol. The first-order chi connectivity index (χ1) is 20.9. The van der Waals surface area contributed by atoms with Crippen molar-refractivity contribution in [2.75, 3.05) is 20.3 Å². The van der Waals surface area contributed by atoms with Gasteiger partial charge in [0.05, 0.1) is 42.2 Å². The summed E-state index contributed by atoms with van der Waals surface area (Å²) in [6.07, 6.45) is 1.68. The number of aromatic nitrogens is 1. The van der Waals surface area contributed by atoms with Gasteiger partial charge in [-0.25, -0.2) is 9.79 Å². The van der Waals surface area contributed by atoms with Gasteiger partial charge in [-0.1, -0.05) is 37.3 Å². The zero-order chi connectivity index (χ0) is 32.1. The summed E-state index contributed by atoms with van der Waals surface area (Å²) in [5.41, 5.74) is 1.39. The second-order valence-corrected chi connectivity index (χ2v) is 11.3. The second kappa shape index (κ2) is 13.7. The molecule has 0 saturated carbocycles. The minimum Gasteiger partial charge on any atom is -0.493 e. The predicted octanol–water partition coefficient (Wildman–Crippen LogP) is 3.69. The maximum atomic E-state index is 14.0. The number of hydrogen-bond acceptors (Lipinski definition) is 11. The molecule has 44 heavy (non-hydrogen) atoms. The van der Waals surface area contributed by atoms with Gasteiger partial charge in [-0.15, -0.1) is 0 Å². The van der Waals surface area contributed by atoms with Gasteiger partial charge in [0.1, 0.15) is 0 Å². The van der Waals surface area contributed by atoms with Gasteiger partial charge in [0.25, 0.3) is 5.56 Å². The fraction of sp³-hybridized carbons (Fsp3) is 0.344. The van der Waals surface area contributed by atoms with Gasteiger partial charge in [-0.2, -0.15) is 0 Å². The molecule has 0 amide bonds. The molecule has 0 saturated heterocycles. The number of hydrogen-bond donors (Lipinski definition) is 0. The number of allylic oxidation sites excluding steroid dienone is 1. The number of carbonyl (C=O) groups excluding carboxylic acids is 3. The smallest absolute Gasteiger partial charge is 0.338 e. The van der Waals surface area contributed by atoms with E-state index in [0.29, 0.717) is 38.5 Å². The van der Waals surface area contributed by atoms with Crippen molar-refractivity contribution >= 4 is 35.3 Å². The standard InChI is InChI=1S/C32H34N2O9S/c1-8-40-26-13-21(9-11-24(26)43-20(6)36)14-27-30(37)34-29(22-10-12-23(42-19(5)35)25(15-22)39-7)28(18(4)33-32(34)44-27)31(38)41-16-17(2)3/h9-15,17,29H,8,16H2,1-7H3/b27-14-/t29-/m0/s1. The van der Waals surface area contributed by atoms with Crippen LogP contribution in [0.15, 0.2) is 57.5 Å². The van der Waals surface area contributed by atoms with Gasteiger partial charge >= 0.3 is 17.9 Å². The maximum Gasteiger partial charge on any atom is 0.338 e. The molecule has 1 aromatic heterocycles. The first-order valence-electron chi connectivity index (χ1n) is 13.9. The molecule has 0 unspecified atom stereocenters. The third-order valence-electron chi connectivity index (χ3n) is 6.37. The number of esters is 3. The molecule has 4 rings (SSSR count). The molecule has 1 aliphatic rings. The summed E-state index contributed by atoms with van der Waals surface area (Å²) >= 11 is 1.16. The van der Waals surface area contributed by atoms with E-state index < -0.39 is 23.9 Å². The Kier molecular flexibility index (Phi) is 10.0. The van der Waals surface area contributed by atoms with Crippen LogP contribution < -0.4 is 33.8 Å². The highest BCUT2D eigenvalue weighted by Gasteiger charge is 2.34. The number of fused-ring (bicyclic) bond motifs is 1. The van der Waals surface area contributed by atoms with E-state index in [1.165, 1.54) is 25.5 Å². The number of thiazole rings is 1. The van der Waals surface area contributed by atoms with Gasteiger partial charge < -0.3 is 23.7 Å². The van der Waals surface area contributed by atoms with E-state index >= 15 is 0 Å². The molecule has 12 heteroatoms. The highest BCUT2D eigenvalue weighted by Crippen LogP contribution is 2.36. The summed E-state index contributed by atoms with van der Waals surface area (Å²) in [5.74, 6) is -0.434. The van der Waals surface area contributed by atoms with Crippen molar-refractivity contribution in [1.29, 1.82) is 0 Å². The molecular weight excluding hydrogens is 588 g/mol. The SMILES string of the molecule is CCOc1cc(/C=c2\sc3n(c2=O)[C@@H](c2ccc(OC(C)=O)c(OC)c2)C(C(=O)OCC(C)C)=C(C)N=3)ccc1OC(C)=O. The Hall–Kier alpha value is -4.71. The van der Waals surface area contributed by atoms with Crippen LogP contribution in [0.4, 0.5) is 0 Å². The number of benzene rings is 2. The number of rotatable bonds is 10. The summed E-state index contributed by atoms with van der Waals surface area (Å²) in [4.78, 5) is 55.7. The summed E-state index contributed by atoms with van der Waals surface area (Å²) in [6.45, 7) is 10.5. The Labute approximate surface area is 258 Å². The molecule has 1 atom stereocenters. The molecule has 2 heterocycles. The van der Waals surface area contributed by atoms with Crippen LogP contribution >= 0.6 is 11.3 Å². The Morgan fingerprint density at radius 2 is 1.66 bits per heavy atom. The normalized spacial score (nSPS) is 14.5. The van der Waals surface area contributed by atoms with E-state index in [4.69, 9.17) is 23.7 Å². The Morgan fingerprint density at radius 3 is 2.27 bits per heavy atom. The molecule has 0 bridgehead atoms. The third-order valence-corrected chi connectivity index (χ3v) is 7.35. The fourth-order valence-corrected chi connectivity index (χ4v) is 5.63. The van der Waals surface area contributed by atoms with Gasteiger partial charge in [-0.3, -0.25) is 19.0 Å². The van der Waals surface area contributed by atoms with Crippen molar-refractivity contribution in [1.82, 2.24) is 4.57 Å². The fourth-order valence-electron chi connectivity index (χ4n) is 4.58. The van der Waals surface area contributed by atoms with E-state index in [0.717, 1.165) is 11.3 Å². The minimum absolute atomic E-state index is 0.0939. The molecule has 11 nitrogen and oxygen atoms in total. The Bertz CT molecular complexity index is 1820. The van der Waals surface area contributed by atoms with Crippen LogP contribution in [0.3, 0.4) is 0 Å². The zero-order valence-electron chi connectivity index (χ0n) is 25.6. The summed E-state index contributed by atoms with van der Waals surface area (Å²) in [6, 6.07) is 8.92. The average Bonchev–Trinajstić information content (AvgIpc) is 3.26. The Morgan fingerprint density at radius 1 is 1.00 bits per heavy atom. The highest BCUT2D eigenvalue weighted by atomic mass is 32.1. The van der Waals surface area contributed by atoms with Crippen molar-refractivity contribution in [3.05, 3.63) is 78.5 Å². The maximum absolute atomic E-state index is 14.0. The lowest BCUT2D eigenvalue weighted by Gasteiger charge is -2.25. The van der Waals surface area contributed by atoms with Gasteiger partial charge in [0, 0.05) is 13.8 Å². The Balaban J connectivity index is 1.90. The summed E-state index contributed by atoms with van der Waals surface area (Å²) in [7, 11) is 1.43. The topological polar surface area (TPSA) is 132 Å². The minimum atomic E-state index is -0.904. The summed E-state index contributed by atoms with van der Waals surface area (Å²) in [5, 5.41) is 0. The van der Waals surface area contributed by atoms with Crippen LogP contribution in [-0.4, -0.2) is 42.8 Å². The number of ether oxygens (including phenoxy) is 5. The predicted molar refractivity (Wildman–Crippen MR) is 163 cm³/mol. The molecule has 3 aromatic rings. The zero-order valence-corrected chi connectivity index (χ0v) is 26.4. The molecule has 1 aliphatic heterocycles. The van der Waals surface area contributed by atoms with Gasteiger partial charge in [0.15, 0.2) is 27.8 Å². The summed E-state index contributed by atoms with van der Waals surface area (Å²) < 4.78 is 29.0. The molecule has 0 spiro atoms. The van der Waals surface area contributed by atoms with Crippen molar-refractivity contribution in [2.45, 2.75) is 47.6 Å². The van der Waals surface area contributed by atoms with Crippen LogP contribution in [0.1, 0.15) is 58.7 Å². The lowest BCUT2D eigenvalue weighted by Crippen LogP contribution is -2.40.